The predicted molar refractivity (Wildman–Crippen MR) is 86.9 cm³/mol. The van der Waals surface area contributed by atoms with Crippen molar-refractivity contribution in [3.8, 4) is 0 Å². The van der Waals surface area contributed by atoms with E-state index in [1.54, 1.807) is 0 Å². The lowest BCUT2D eigenvalue weighted by molar-refractivity contribution is -0.150. The average Bonchev–Trinajstić information content (AvgIpc) is 2.89. The van der Waals surface area contributed by atoms with Crippen LogP contribution in [0.25, 0.3) is 11.0 Å². The van der Waals surface area contributed by atoms with Crippen molar-refractivity contribution in [2.24, 2.45) is 7.05 Å². The van der Waals surface area contributed by atoms with Gasteiger partial charge in [0.2, 0.25) is 5.91 Å². The highest BCUT2D eigenvalue weighted by Crippen LogP contribution is 2.29. The summed E-state index contributed by atoms with van der Waals surface area (Å²) in [7, 11) is 2.04. The molecular formula is C17H22N4O2. The lowest BCUT2D eigenvalue weighted by atomic mass is 9.90. The molecule has 0 unspecified atom stereocenters. The third kappa shape index (κ3) is 2.72. The summed E-state index contributed by atoms with van der Waals surface area (Å²) in [5.41, 5.74) is 2.21. The maximum absolute atomic E-state index is 11.3. The van der Waals surface area contributed by atoms with Gasteiger partial charge in [-0.25, -0.2) is 4.98 Å². The van der Waals surface area contributed by atoms with Gasteiger partial charge in [-0.05, 0) is 30.5 Å². The smallest absolute Gasteiger partial charge is 0.246 e. The first-order valence-corrected chi connectivity index (χ1v) is 8.17. The van der Waals surface area contributed by atoms with Crippen LogP contribution < -0.4 is 5.32 Å². The van der Waals surface area contributed by atoms with Crippen molar-refractivity contribution in [3.63, 3.8) is 0 Å². The number of morpholine rings is 1. The van der Waals surface area contributed by atoms with E-state index in [-0.39, 0.29) is 18.1 Å². The van der Waals surface area contributed by atoms with E-state index in [1.807, 2.05) is 19.3 Å². The second-order valence-corrected chi connectivity index (χ2v) is 6.66. The summed E-state index contributed by atoms with van der Waals surface area (Å²) in [6, 6.07) is 4.14. The van der Waals surface area contributed by atoms with Crippen LogP contribution >= 0.6 is 0 Å². The Morgan fingerprint density at radius 3 is 2.96 bits per heavy atom. The molecule has 0 aliphatic carbocycles. The van der Waals surface area contributed by atoms with Crippen LogP contribution in [-0.4, -0.2) is 52.2 Å². The molecule has 2 saturated heterocycles. The molecule has 2 fully saturated rings. The van der Waals surface area contributed by atoms with Gasteiger partial charge >= 0.3 is 0 Å². The molecule has 0 bridgehead atoms. The molecule has 1 amide bonds. The highest BCUT2D eigenvalue weighted by molar-refractivity contribution is 5.80. The molecule has 0 radical (unpaired) electrons. The molecule has 6 nitrogen and oxygen atoms in total. The number of aromatic nitrogens is 2. The largest absolute Gasteiger partial charge is 0.363 e. The fourth-order valence-electron chi connectivity index (χ4n) is 3.68. The van der Waals surface area contributed by atoms with E-state index in [0.717, 1.165) is 38.1 Å². The van der Waals surface area contributed by atoms with E-state index in [9.17, 15) is 4.79 Å². The first-order valence-electron chi connectivity index (χ1n) is 8.17. The molecule has 23 heavy (non-hydrogen) atoms. The SMILES string of the molecule is Cn1cc(CN2CCC3(CC2)CNC(=O)CO3)c2cccnc21. The van der Waals surface area contributed by atoms with Gasteiger partial charge in [-0.1, -0.05) is 0 Å². The zero-order valence-electron chi connectivity index (χ0n) is 13.4. The van der Waals surface area contributed by atoms with Crippen molar-refractivity contribution in [3.05, 3.63) is 30.1 Å². The molecule has 1 N–H and O–H groups in total. The number of rotatable bonds is 2. The van der Waals surface area contributed by atoms with Gasteiger partial charge in [-0.3, -0.25) is 9.69 Å². The fraction of sp³-hybridized carbons (Fsp3) is 0.529. The predicted octanol–water partition coefficient (Wildman–Crippen LogP) is 1.05. The van der Waals surface area contributed by atoms with Gasteiger partial charge in [0, 0.05) is 51.0 Å². The van der Waals surface area contributed by atoms with Crippen LogP contribution in [-0.2, 0) is 23.1 Å². The van der Waals surface area contributed by atoms with Crippen molar-refractivity contribution in [2.45, 2.75) is 25.0 Å². The van der Waals surface area contributed by atoms with Crippen LogP contribution in [0.1, 0.15) is 18.4 Å². The van der Waals surface area contributed by atoms with Crippen molar-refractivity contribution in [2.75, 3.05) is 26.2 Å². The number of nitrogens with one attached hydrogen (secondary N) is 1. The van der Waals surface area contributed by atoms with E-state index < -0.39 is 0 Å². The van der Waals surface area contributed by atoms with Gasteiger partial charge in [-0.15, -0.1) is 0 Å². The highest BCUT2D eigenvalue weighted by atomic mass is 16.5. The first-order chi connectivity index (χ1) is 11.2. The number of amides is 1. The minimum Gasteiger partial charge on any atom is -0.363 e. The second-order valence-electron chi connectivity index (χ2n) is 6.66. The maximum atomic E-state index is 11.3. The van der Waals surface area contributed by atoms with Crippen LogP contribution in [0.5, 0.6) is 0 Å². The lowest BCUT2D eigenvalue weighted by Gasteiger charge is -2.43. The number of hydrogen-bond acceptors (Lipinski definition) is 4. The molecule has 2 aliphatic heterocycles. The summed E-state index contributed by atoms with van der Waals surface area (Å²) in [4.78, 5) is 18.2. The summed E-state index contributed by atoms with van der Waals surface area (Å²) >= 11 is 0. The molecule has 4 heterocycles. The van der Waals surface area contributed by atoms with E-state index in [4.69, 9.17) is 4.74 Å². The third-order valence-electron chi connectivity index (χ3n) is 5.09. The molecule has 122 valence electrons. The van der Waals surface area contributed by atoms with E-state index >= 15 is 0 Å². The first kappa shape index (κ1) is 14.7. The van der Waals surface area contributed by atoms with Gasteiger partial charge in [0.05, 0.1) is 5.60 Å². The Morgan fingerprint density at radius 2 is 2.22 bits per heavy atom. The molecule has 0 aromatic carbocycles. The molecule has 1 spiro atoms. The van der Waals surface area contributed by atoms with Gasteiger partial charge in [0.15, 0.2) is 0 Å². The lowest BCUT2D eigenvalue weighted by Crippen LogP contribution is -2.57. The molecule has 2 aliphatic rings. The standard InChI is InChI=1S/C17H22N4O2/c1-20-9-13(14-3-2-6-18-16(14)20)10-21-7-4-17(5-8-21)12-19-15(22)11-23-17/h2-3,6,9H,4-5,7-8,10-12H2,1H3,(H,19,22). The third-order valence-corrected chi connectivity index (χ3v) is 5.09. The molecule has 0 saturated carbocycles. The minimum atomic E-state index is -0.148. The molecule has 2 aromatic heterocycles. The fourth-order valence-corrected chi connectivity index (χ4v) is 3.68. The number of fused-ring (bicyclic) bond motifs is 1. The quantitative estimate of drug-likeness (QED) is 0.900. The summed E-state index contributed by atoms with van der Waals surface area (Å²) in [6.07, 6.45) is 5.96. The number of carbonyl (C=O) groups excluding carboxylic acids is 1. The van der Waals surface area contributed by atoms with Crippen molar-refractivity contribution in [1.82, 2.24) is 19.8 Å². The van der Waals surface area contributed by atoms with Gasteiger partial charge in [0.1, 0.15) is 12.3 Å². The molecule has 0 atom stereocenters. The van der Waals surface area contributed by atoms with Crippen LogP contribution in [0, 0.1) is 0 Å². The summed E-state index contributed by atoms with van der Waals surface area (Å²) in [5, 5.41) is 4.17. The number of pyridine rings is 1. The molecule has 2 aromatic rings. The Balaban J connectivity index is 1.44. The number of carbonyl (C=O) groups is 1. The van der Waals surface area contributed by atoms with E-state index in [2.05, 4.69) is 32.0 Å². The number of likely N-dealkylation sites (tertiary alicyclic amines) is 1. The second kappa shape index (κ2) is 5.62. The molecule has 6 heteroatoms. The Morgan fingerprint density at radius 1 is 1.39 bits per heavy atom. The van der Waals surface area contributed by atoms with Crippen LogP contribution in [0.15, 0.2) is 24.5 Å². The number of piperidine rings is 1. The highest BCUT2D eigenvalue weighted by Gasteiger charge is 2.38. The van der Waals surface area contributed by atoms with E-state index in [0.29, 0.717) is 6.54 Å². The van der Waals surface area contributed by atoms with Crippen LogP contribution in [0.3, 0.4) is 0 Å². The monoisotopic (exact) mass is 314 g/mol. The zero-order valence-corrected chi connectivity index (χ0v) is 13.4. The number of ether oxygens (including phenoxy) is 1. The van der Waals surface area contributed by atoms with Crippen LogP contribution in [0.4, 0.5) is 0 Å². The van der Waals surface area contributed by atoms with Gasteiger partial charge in [-0.2, -0.15) is 0 Å². The van der Waals surface area contributed by atoms with E-state index in [1.165, 1.54) is 10.9 Å². The van der Waals surface area contributed by atoms with Crippen molar-refractivity contribution >= 4 is 16.9 Å². The summed E-state index contributed by atoms with van der Waals surface area (Å²) in [5.74, 6) is 0.00121. The van der Waals surface area contributed by atoms with Gasteiger partial charge < -0.3 is 14.6 Å². The Hall–Kier alpha value is -1.92. The van der Waals surface area contributed by atoms with Crippen molar-refractivity contribution in [1.29, 1.82) is 0 Å². The Kier molecular flexibility index (Phi) is 3.58. The number of hydrogen-bond donors (Lipinski definition) is 1. The normalized spacial score (nSPS) is 21.7. The van der Waals surface area contributed by atoms with Gasteiger partial charge in [0.25, 0.3) is 0 Å². The summed E-state index contributed by atoms with van der Waals surface area (Å²) in [6.45, 7) is 3.78. The summed E-state index contributed by atoms with van der Waals surface area (Å²) < 4.78 is 7.93. The van der Waals surface area contributed by atoms with Crippen LogP contribution in [0.2, 0.25) is 0 Å². The number of nitrogens with zero attached hydrogens (tertiary/aromatic N) is 3. The Bertz CT molecular complexity index is 719. The Labute approximate surface area is 135 Å². The minimum absolute atomic E-state index is 0.00121. The molecular weight excluding hydrogens is 292 g/mol. The molecule has 4 rings (SSSR count). The number of aryl methyl sites for hydroxylation is 1. The van der Waals surface area contributed by atoms with Crippen molar-refractivity contribution < 1.29 is 9.53 Å². The maximum Gasteiger partial charge on any atom is 0.246 e. The zero-order chi connectivity index (χ0) is 15.9. The topological polar surface area (TPSA) is 59.4 Å². The average molecular weight is 314 g/mol.